The number of carbonyl (C=O) groups is 1. The Hall–Kier alpha value is -3.20. The molecule has 196 valence electrons. The van der Waals surface area contributed by atoms with Crippen molar-refractivity contribution in [2.75, 3.05) is 39.4 Å². The number of amides is 2. The average Bonchev–Trinajstić information content (AvgIpc) is 3.39. The number of rotatable bonds is 3. The van der Waals surface area contributed by atoms with Gasteiger partial charge in [0.1, 0.15) is 5.82 Å². The van der Waals surface area contributed by atoms with E-state index in [-0.39, 0.29) is 29.2 Å². The quantitative estimate of drug-likeness (QED) is 0.478. The molecule has 0 aliphatic carbocycles. The van der Waals surface area contributed by atoms with E-state index in [0.717, 1.165) is 5.71 Å². The number of ether oxygens (including phenoxy) is 1. The fourth-order valence-electron chi connectivity index (χ4n) is 5.43. The standard InChI is InChI=1S/C28H29F4N3O2/c1-18-5-6-19(15-24(18)28(30,31)32)21-13-22(17-35(16-21)27(36)34-9-11-37-12-10-34)26-8-7-25(33-26)20-3-2-4-23(29)14-20/h2-7,14-15,21-22H,8-13,16-17H2,1H3. The molecule has 2 aromatic rings. The van der Waals surface area contributed by atoms with Crippen LogP contribution in [0.1, 0.15) is 41.0 Å². The highest BCUT2D eigenvalue weighted by atomic mass is 19.4. The molecule has 2 fully saturated rings. The number of alkyl halides is 3. The molecule has 9 heteroatoms. The van der Waals surface area contributed by atoms with E-state index in [9.17, 15) is 22.4 Å². The molecule has 2 aromatic carbocycles. The normalized spacial score (nSPS) is 22.6. The third-order valence-electron chi connectivity index (χ3n) is 7.40. The maximum absolute atomic E-state index is 13.8. The minimum absolute atomic E-state index is 0.123. The molecule has 3 heterocycles. The lowest BCUT2D eigenvalue weighted by molar-refractivity contribution is -0.138. The monoisotopic (exact) mass is 515 g/mol. The van der Waals surface area contributed by atoms with Crippen LogP contribution in [0.5, 0.6) is 0 Å². The number of likely N-dealkylation sites (tertiary alicyclic amines) is 1. The first-order chi connectivity index (χ1) is 17.7. The average molecular weight is 516 g/mol. The summed E-state index contributed by atoms with van der Waals surface area (Å²) < 4.78 is 60.1. The van der Waals surface area contributed by atoms with Crippen LogP contribution in [0.25, 0.3) is 5.70 Å². The molecule has 2 atom stereocenters. The molecule has 0 aromatic heterocycles. The number of nitrogens with zero attached hydrogens (tertiary/aromatic N) is 3. The van der Waals surface area contributed by atoms with Crippen molar-refractivity contribution in [3.05, 3.63) is 76.6 Å². The SMILES string of the molecule is Cc1ccc(C2CC(C3=NC(c4cccc(F)c4)=CC3)CN(C(=O)N3CCOCC3)C2)cc1C(F)(F)F. The highest BCUT2D eigenvalue weighted by Crippen LogP contribution is 2.38. The van der Waals surface area contributed by atoms with Crippen LogP contribution in [-0.2, 0) is 10.9 Å². The van der Waals surface area contributed by atoms with Crippen LogP contribution in [0.4, 0.5) is 22.4 Å². The Labute approximate surface area is 213 Å². The summed E-state index contributed by atoms with van der Waals surface area (Å²) >= 11 is 0. The lowest BCUT2D eigenvalue weighted by Crippen LogP contribution is -2.53. The fourth-order valence-corrected chi connectivity index (χ4v) is 5.43. The van der Waals surface area contributed by atoms with Crippen LogP contribution in [0.3, 0.4) is 0 Å². The van der Waals surface area contributed by atoms with Gasteiger partial charge in [-0.25, -0.2) is 9.18 Å². The number of benzene rings is 2. The topological polar surface area (TPSA) is 45.1 Å². The molecule has 3 aliphatic rings. The predicted octanol–water partition coefficient (Wildman–Crippen LogP) is 5.90. The molecule has 0 saturated carbocycles. The van der Waals surface area contributed by atoms with Gasteiger partial charge in [-0.05, 0) is 42.7 Å². The number of aryl methyl sites for hydroxylation is 1. The molecular weight excluding hydrogens is 486 g/mol. The van der Waals surface area contributed by atoms with E-state index in [2.05, 4.69) is 0 Å². The van der Waals surface area contributed by atoms with Crippen LogP contribution < -0.4 is 0 Å². The molecule has 2 amide bonds. The number of hydrogen-bond acceptors (Lipinski definition) is 3. The van der Waals surface area contributed by atoms with E-state index in [1.54, 1.807) is 28.0 Å². The van der Waals surface area contributed by atoms with Gasteiger partial charge in [-0.2, -0.15) is 13.2 Å². The molecule has 0 spiro atoms. The van der Waals surface area contributed by atoms with E-state index in [1.807, 2.05) is 6.08 Å². The van der Waals surface area contributed by atoms with Crippen LogP contribution in [0.2, 0.25) is 0 Å². The smallest absolute Gasteiger partial charge is 0.378 e. The van der Waals surface area contributed by atoms with Gasteiger partial charge in [0.25, 0.3) is 0 Å². The molecule has 5 nitrogen and oxygen atoms in total. The van der Waals surface area contributed by atoms with Crippen molar-refractivity contribution in [3.8, 4) is 0 Å². The van der Waals surface area contributed by atoms with Crippen molar-refractivity contribution in [3.63, 3.8) is 0 Å². The molecule has 3 aliphatic heterocycles. The van der Waals surface area contributed by atoms with Crippen molar-refractivity contribution in [1.82, 2.24) is 9.80 Å². The molecule has 37 heavy (non-hydrogen) atoms. The summed E-state index contributed by atoms with van der Waals surface area (Å²) in [6.45, 7) is 4.13. The van der Waals surface area contributed by atoms with Crippen molar-refractivity contribution < 1.29 is 27.1 Å². The number of carbonyl (C=O) groups excluding carboxylic acids is 1. The van der Waals surface area contributed by atoms with Crippen LogP contribution >= 0.6 is 0 Å². The summed E-state index contributed by atoms with van der Waals surface area (Å²) in [5, 5.41) is 0. The third-order valence-corrected chi connectivity index (χ3v) is 7.40. The first-order valence-electron chi connectivity index (χ1n) is 12.5. The van der Waals surface area contributed by atoms with Crippen molar-refractivity contribution in [2.45, 2.75) is 31.9 Å². The summed E-state index contributed by atoms with van der Waals surface area (Å²) in [6.07, 6.45) is -1.37. The van der Waals surface area contributed by atoms with Gasteiger partial charge in [0.2, 0.25) is 0 Å². The van der Waals surface area contributed by atoms with Gasteiger partial charge < -0.3 is 14.5 Å². The van der Waals surface area contributed by atoms with Crippen molar-refractivity contribution >= 4 is 17.4 Å². The van der Waals surface area contributed by atoms with Gasteiger partial charge in [0, 0.05) is 55.7 Å². The van der Waals surface area contributed by atoms with Gasteiger partial charge in [-0.1, -0.05) is 30.3 Å². The predicted molar refractivity (Wildman–Crippen MR) is 133 cm³/mol. The maximum Gasteiger partial charge on any atom is 0.416 e. The molecule has 0 radical (unpaired) electrons. The molecule has 0 N–H and O–H groups in total. The first kappa shape index (κ1) is 25.4. The summed E-state index contributed by atoms with van der Waals surface area (Å²) in [5.74, 6) is -0.741. The Kier molecular flexibility index (Phi) is 7.07. The van der Waals surface area contributed by atoms with E-state index in [1.165, 1.54) is 31.2 Å². The maximum atomic E-state index is 13.8. The van der Waals surface area contributed by atoms with E-state index in [0.29, 0.717) is 69.1 Å². The van der Waals surface area contributed by atoms with Gasteiger partial charge in [-0.15, -0.1) is 0 Å². The molecule has 0 bridgehead atoms. The summed E-state index contributed by atoms with van der Waals surface area (Å²) in [5.41, 5.74) is 2.32. The second-order valence-corrected chi connectivity index (χ2v) is 9.90. The Morgan fingerprint density at radius 2 is 1.78 bits per heavy atom. The summed E-state index contributed by atoms with van der Waals surface area (Å²) in [7, 11) is 0. The zero-order valence-corrected chi connectivity index (χ0v) is 20.6. The van der Waals surface area contributed by atoms with Gasteiger partial charge in [-0.3, -0.25) is 4.99 Å². The number of aliphatic imine (C=N–C) groups is 1. The van der Waals surface area contributed by atoms with E-state index < -0.39 is 11.7 Å². The Bertz CT molecular complexity index is 1230. The van der Waals surface area contributed by atoms with E-state index in [4.69, 9.17) is 9.73 Å². The van der Waals surface area contributed by atoms with Crippen molar-refractivity contribution in [1.29, 1.82) is 0 Å². The van der Waals surface area contributed by atoms with E-state index >= 15 is 0 Å². The Morgan fingerprint density at radius 3 is 2.51 bits per heavy atom. The van der Waals surface area contributed by atoms with Gasteiger partial charge in [0.15, 0.2) is 0 Å². The molecule has 2 unspecified atom stereocenters. The zero-order chi connectivity index (χ0) is 26.2. The molecule has 5 rings (SSSR count). The minimum atomic E-state index is -4.45. The highest BCUT2D eigenvalue weighted by molar-refractivity contribution is 5.97. The number of hydrogen-bond donors (Lipinski definition) is 0. The van der Waals surface area contributed by atoms with Crippen molar-refractivity contribution in [2.24, 2.45) is 10.9 Å². The Balaban J connectivity index is 1.44. The number of urea groups is 1. The van der Waals surface area contributed by atoms with Crippen LogP contribution in [-0.4, -0.2) is 60.9 Å². The number of piperidine rings is 1. The Morgan fingerprint density at radius 1 is 1.03 bits per heavy atom. The van der Waals surface area contributed by atoms with Gasteiger partial charge >= 0.3 is 12.2 Å². The lowest BCUT2D eigenvalue weighted by atomic mass is 9.81. The summed E-state index contributed by atoms with van der Waals surface area (Å²) in [6, 6.07) is 10.6. The fraction of sp³-hybridized carbons (Fsp3) is 0.429. The second-order valence-electron chi connectivity index (χ2n) is 9.90. The number of morpholine rings is 1. The lowest BCUT2D eigenvalue weighted by Gasteiger charge is -2.41. The zero-order valence-electron chi connectivity index (χ0n) is 20.6. The largest absolute Gasteiger partial charge is 0.416 e. The first-order valence-corrected chi connectivity index (χ1v) is 12.5. The second kappa shape index (κ2) is 10.3. The summed E-state index contributed by atoms with van der Waals surface area (Å²) in [4.78, 5) is 21.7. The molecule has 2 saturated heterocycles. The number of allylic oxidation sites excluding steroid dienone is 1. The minimum Gasteiger partial charge on any atom is -0.378 e. The highest BCUT2D eigenvalue weighted by Gasteiger charge is 2.38. The number of halogens is 4. The van der Waals surface area contributed by atoms with Crippen LogP contribution in [0.15, 0.2) is 53.5 Å². The van der Waals surface area contributed by atoms with Crippen LogP contribution in [0, 0.1) is 18.7 Å². The van der Waals surface area contributed by atoms with Gasteiger partial charge in [0.05, 0.1) is 24.5 Å². The molecular formula is C28H29F4N3O2. The third kappa shape index (κ3) is 5.56.